The summed E-state index contributed by atoms with van der Waals surface area (Å²) in [6.45, 7) is 9.21. The molecule has 1 rings (SSSR count). The molecule has 0 heterocycles. The lowest BCUT2D eigenvalue weighted by atomic mass is 10.2. The molecule has 1 amide bonds. The van der Waals surface area contributed by atoms with Crippen LogP contribution in [0.25, 0.3) is 0 Å². The van der Waals surface area contributed by atoms with E-state index in [0.717, 1.165) is 0 Å². The van der Waals surface area contributed by atoms with Crippen LogP contribution in [0.3, 0.4) is 0 Å². The van der Waals surface area contributed by atoms with Crippen molar-refractivity contribution in [2.24, 2.45) is 0 Å². The molecule has 106 valence electrons. The van der Waals surface area contributed by atoms with Crippen LogP contribution in [0.2, 0.25) is 0 Å². The molecule has 0 aliphatic heterocycles. The first-order valence-corrected chi connectivity index (χ1v) is 6.23. The molecule has 0 aliphatic rings. The largest absolute Gasteiger partial charge is 0.444 e. The molecule has 0 saturated carbocycles. The van der Waals surface area contributed by atoms with Gasteiger partial charge in [0.15, 0.2) is 0 Å². The first-order chi connectivity index (χ1) is 8.67. The van der Waals surface area contributed by atoms with Gasteiger partial charge in [-0.05, 0) is 52.8 Å². The fourth-order valence-corrected chi connectivity index (χ4v) is 1.47. The van der Waals surface area contributed by atoms with E-state index >= 15 is 0 Å². The van der Waals surface area contributed by atoms with Crippen LogP contribution in [0.1, 0.15) is 34.6 Å². The Kier molecular flexibility index (Phi) is 4.75. The topological polar surface area (TPSA) is 50.4 Å². The molecule has 0 spiro atoms. The standard InChI is InChI=1S/C14H21FN2O2/c1-9(2)16-12-8-10(15)6-7-11(12)17-13(18)19-14(3,4)5/h6-9,16H,1-5H3,(H,17,18). The molecular weight excluding hydrogens is 247 g/mol. The van der Waals surface area contributed by atoms with Gasteiger partial charge in [-0.1, -0.05) is 0 Å². The fraction of sp³-hybridized carbons (Fsp3) is 0.500. The molecule has 0 saturated heterocycles. The minimum absolute atomic E-state index is 0.126. The minimum Gasteiger partial charge on any atom is -0.444 e. The lowest BCUT2D eigenvalue weighted by molar-refractivity contribution is 0.0636. The predicted molar refractivity (Wildman–Crippen MR) is 75.0 cm³/mol. The van der Waals surface area contributed by atoms with E-state index in [0.29, 0.717) is 11.4 Å². The van der Waals surface area contributed by atoms with Gasteiger partial charge < -0.3 is 10.1 Å². The van der Waals surface area contributed by atoms with E-state index in [1.165, 1.54) is 18.2 Å². The Balaban J connectivity index is 2.85. The van der Waals surface area contributed by atoms with Crippen LogP contribution in [-0.2, 0) is 4.74 Å². The summed E-state index contributed by atoms with van der Waals surface area (Å²) in [6.07, 6.45) is -0.564. The van der Waals surface area contributed by atoms with Crippen molar-refractivity contribution in [3.05, 3.63) is 24.0 Å². The van der Waals surface area contributed by atoms with Gasteiger partial charge in [-0.25, -0.2) is 9.18 Å². The van der Waals surface area contributed by atoms with Gasteiger partial charge in [-0.2, -0.15) is 0 Å². The molecule has 0 atom stereocenters. The highest BCUT2D eigenvalue weighted by molar-refractivity contribution is 5.89. The second-order valence-electron chi connectivity index (χ2n) is 5.62. The average Bonchev–Trinajstić information content (AvgIpc) is 2.18. The van der Waals surface area contributed by atoms with E-state index in [1.54, 1.807) is 20.8 Å². The molecule has 0 radical (unpaired) electrons. The number of anilines is 2. The van der Waals surface area contributed by atoms with Crippen LogP contribution in [0.5, 0.6) is 0 Å². The van der Waals surface area contributed by atoms with E-state index in [1.807, 2.05) is 13.8 Å². The van der Waals surface area contributed by atoms with E-state index in [4.69, 9.17) is 4.74 Å². The SMILES string of the molecule is CC(C)Nc1cc(F)ccc1NC(=O)OC(C)(C)C. The Bertz CT molecular complexity index is 453. The summed E-state index contributed by atoms with van der Waals surface area (Å²) in [6, 6.07) is 4.26. The van der Waals surface area contributed by atoms with E-state index in [2.05, 4.69) is 10.6 Å². The molecule has 19 heavy (non-hydrogen) atoms. The number of hydrogen-bond acceptors (Lipinski definition) is 3. The van der Waals surface area contributed by atoms with Crippen LogP contribution in [-0.4, -0.2) is 17.7 Å². The second kappa shape index (κ2) is 5.91. The van der Waals surface area contributed by atoms with E-state index < -0.39 is 11.7 Å². The van der Waals surface area contributed by atoms with Gasteiger partial charge >= 0.3 is 6.09 Å². The van der Waals surface area contributed by atoms with Crippen molar-refractivity contribution in [3.8, 4) is 0 Å². The zero-order valence-electron chi connectivity index (χ0n) is 12.0. The summed E-state index contributed by atoms with van der Waals surface area (Å²) in [5.74, 6) is -0.363. The van der Waals surface area contributed by atoms with Crippen LogP contribution in [0.4, 0.5) is 20.6 Å². The molecule has 2 N–H and O–H groups in total. The summed E-state index contributed by atoms with van der Waals surface area (Å²) in [5.41, 5.74) is 0.445. The Hall–Kier alpha value is -1.78. The van der Waals surface area contributed by atoms with Crippen molar-refractivity contribution in [2.75, 3.05) is 10.6 Å². The highest BCUT2D eigenvalue weighted by Crippen LogP contribution is 2.24. The first-order valence-electron chi connectivity index (χ1n) is 6.23. The molecule has 5 heteroatoms. The Morgan fingerprint density at radius 3 is 2.42 bits per heavy atom. The van der Waals surface area contributed by atoms with Gasteiger partial charge in [0, 0.05) is 6.04 Å². The van der Waals surface area contributed by atoms with Crippen LogP contribution >= 0.6 is 0 Å². The second-order valence-corrected chi connectivity index (χ2v) is 5.62. The Morgan fingerprint density at radius 2 is 1.89 bits per heavy atom. The Morgan fingerprint density at radius 1 is 1.26 bits per heavy atom. The highest BCUT2D eigenvalue weighted by Gasteiger charge is 2.17. The number of hydrogen-bond donors (Lipinski definition) is 2. The lowest BCUT2D eigenvalue weighted by Gasteiger charge is -2.21. The first kappa shape index (κ1) is 15.3. The molecule has 0 unspecified atom stereocenters. The van der Waals surface area contributed by atoms with Gasteiger partial charge in [-0.15, -0.1) is 0 Å². The minimum atomic E-state index is -0.574. The van der Waals surface area contributed by atoms with Crippen LogP contribution in [0, 0.1) is 5.82 Å². The highest BCUT2D eigenvalue weighted by atomic mass is 19.1. The zero-order chi connectivity index (χ0) is 14.6. The number of benzene rings is 1. The van der Waals surface area contributed by atoms with Crippen LogP contribution in [0.15, 0.2) is 18.2 Å². The van der Waals surface area contributed by atoms with E-state index in [-0.39, 0.29) is 11.9 Å². The summed E-state index contributed by atoms with van der Waals surface area (Å²) >= 11 is 0. The van der Waals surface area contributed by atoms with E-state index in [9.17, 15) is 9.18 Å². The molecule has 4 nitrogen and oxygen atoms in total. The smallest absolute Gasteiger partial charge is 0.412 e. The number of amides is 1. The quantitative estimate of drug-likeness (QED) is 0.871. The lowest BCUT2D eigenvalue weighted by Crippen LogP contribution is -2.27. The summed E-state index contributed by atoms with van der Waals surface area (Å²) < 4.78 is 18.4. The summed E-state index contributed by atoms with van der Waals surface area (Å²) in [7, 11) is 0. The number of ether oxygens (including phenoxy) is 1. The number of carbonyl (C=O) groups is 1. The number of halogens is 1. The maximum atomic E-state index is 13.2. The Labute approximate surface area is 113 Å². The predicted octanol–water partition coefficient (Wildman–Crippen LogP) is 3.99. The van der Waals surface area contributed by atoms with Gasteiger partial charge in [0.25, 0.3) is 0 Å². The third kappa shape index (κ3) is 5.59. The summed E-state index contributed by atoms with van der Waals surface area (Å²) in [5, 5.41) is 5.68. The van der Waals surface area contributed by atoms with Crippen molar-refractivity contribution in [1.82, 2.24) is 0 Å². The van der Waals surface area contributed by atoms with Crippen molar-refractivity contribution in [1.29, 1.82) is 0 Å². The third-order valence-electron chi connectivity index (χ3n) is 2.06. The molecule has 0 aliphatic carbocycles. The van der Waals surface area contributed by atoms with Crippen molar-refractivity contribution in [2.45, 2.75) is 46.3 Å². The normalized spacial score (nSPS) is 11.3. The van der Waals surface area contributed by atoms with Gasteiger partial charge in [0.2, 0.25) is 0 Å². The molecule has 0 fully saturated rings. The molecular formula is C14H21FN2O2. The van der Waals surface area contributed by atoms with Gasteiger partial charge in [0.1, 0.15) is 11.4 Å². The average molecular weight is 268 g/mol. The number of rotatable bonds is 3. The van der Waals surface area contributed by atoms with Gasteiger partial charge in [0.05, 0.1) is 11.4 Å². The molecule has 0 aromatic heterocycles. The van der Waals surface area contributed by atoms with Crippen molar-refractivity contribution >= 4 is 17.5 Å². The number of carbonyl (C=O) groups excluding carboxylic acids is 1. The van der Waals surface area contributed by atoms with Gasteiger partial charge in [-0.3, -0.25) is 5.32 Å². The molecule has 1 aromatic rings. The molecule has 1 aromatic carbocycles. The maximum Gasteiger partial charge on any atom is 0.412 e. The fourth-order valence-electron chi connectivity index (χ4n) is 1.47. The van der Waals surface area contributed by atoms with Crippen LogP contribution < -0.4 is 10.6 Å². The zero-order valence-corrected chi connectivity index (χ0v) is 12.0. The number of nitrogens with one attached hydrogen (secondary N) is 2. The van der Waals surface area contributed by atoms with Crippen molar-refractivity contribution < 1.29 is 13.9 Å². The van der Waals surface area contributed by atoms with Crippen molar-refractivity contribution in [3.63, 3.8) is 0 Å². The summed E-state index contributed by atoms with van der Waals surface area (Å²) in [4.78, 5) is 11.7. The maximum absolute atomic E-state index is 13.2. The third-order valence-corrected chi connectivity index (χ3v) is 2.06. The monoisotopic (exact) mass is 268 g/mol. The molecule has 0 bridgehead atoms.